The minimum absolute atomic E-state index is 0.0223. The lowest BCUT2D eigenvalue weighted by Crippen LogP contribution is -2.37. The molecule has 3 rings (SSSR count). The van der Waals surface area contributed by atoms with Gasteiger partial charge in [0.05, 0.1) is 28.1 Å². The van der Waals surface area contributed by atoms with Crippen LogP contribution in [0.1, 0.15) is 91.3 Å². The molecule has 0 aliphatic heterocycles. The molecule has 1 atom stereocenters. The second kappa shape index (κ2) is 16.5. The zero-order valence-corrected chi connectivity index (χ0v) is 28.2. The first kappa shape index (κ1) is 35.7. The smallest absolute Gasteiger partial charge is 0.285 e. The number of aromatic nitrogens is 2. The van der Waals surface area contributed by atoms with Crippen LogP contribution in [0.3, 0.4) is 0 Å². The van der Waals surface area contributed by atoms with Crippen molar-refractivity contribution in [3.05, 3.63) is 88.8 Å². The summed E-state index contributed by atoms with van der Waals surface area (Å²) in [5.41, 5.74) is 1.59. The molecule has 1 amide bonds. The van der Waals surface area contributed by atoms with E-state index in [9.17, 15) is 23.3 Å². The highest BCUT2D eigenvalue weighted by molar-refractivity contribution is 7.90. The number of carbonyl (C=O) groups is 2. The summed E-state index contributed by atoms with van der Waals surface area (Å²) in [6.45, 7) is 11.3. The van der Waals surface area contributed by atoms with E-state index >= 15 is 0 Å². The molecule has 3 aromatic rings. The Morgan fingerprint density at radius 1 is 0.956 bits per heavy atom. The highest BCUT2D eigenvalue weighted by Gasteiger charge is 2.26. The fourth-order valence-corrected chi connectivity index (χ4v) is 5.71. The average Bonchev–Trinajstić information content (AvgIpc) is 3.01. The summed E-state index contributed by atoms with van der Waals surface area (Å²) in [7, 11) is -4.22. The first-order valence-electron chi connectivity index (χ1n) is 15.2. The number of hydrogen-bond acceptors (Lipinski definition) is 6. The molecule has 240 valence electrons. The number of aryl methyl sites for hydroxylation is 1. The van der Waals surface area contributed by atoms with Gasteiger partial charge < -0.3 is 9.47 Å². The first-order chi connectivity index (χ1) is 21.4. The first-order valence-corrected chi connectivity index (χ1v) is 17.2. The van der Waals surface area contributed by atoms with Gasteiger partial charge in [-0.05, 0) is 68.7 Å². The number of alkyl halides is 1. The van der Waals surface area contributed by atoms with Crippen LogP contribution < -0.4 is 5.62 Å². The number of rotatable bonds is 15. The fraction of sp³-hybridized carbons (Fsp3) is 0.441. The van der Waals surface area contributed by atoms with Crippen LogP contribution in [0.5, 0.6) is 0 Å². The Kier molecular flexibility index (Phi) is 13.1. The molecule has 0 aliphatic carbocycles. The standard InChI is InChI=1S/C34H42ClN5O4S/c1-24(2)16-19-39(20-17-25(3)4)33(42)29-22-37-34(38-45(43,44)30-14-8-26(5)9-15-30)40(23-29)31(7-6-18-35)32(41)28-12-10-27(21-36)11-13-28/h8-15,22-25,31H,6-7,16-20H2,1-5H3/b38-34+. The number of halogens is 1. The van der Waals surface area contributed by atoms with Gasteiger partial charge in [0.25, 0.3) is 15.9 Å². The molecule has 9 nitrogen and oxygen atoms in total. The van der Waals surface area contributed by atoms with E-state index in [1.807, 2.05) is 13.0 Å². The summed E-state index contributed by atoms with van der Waals surface area (Å²) in [6, 6.07) is 13.5. The molecule has 11 heteroatoms. The molecule has 0 N–H and O–H groups in total. The molecule has 0 radical (unpaired) electrons. The van der Waals surface area contributed by atoms with Gasteiger partial charge in [0, 0.05) is 36.9 Å². The van der Waals surface area contributed by atoms with Crippen LogP contribution >= 0.6 is 11.6 Å². The summed E-state index contributed by atoms with van der Waals surface area (Å²) in [5.74, 6) is 0.436. The molecule has 0 fully saturated rings. The Balaban J connectivity index is 2.22. The number of amides is 1. The molecule has 2 aromatic carbocycles. The molecule has 0 spiro atoms. The van der Waals surface area contributed by atoms with Gasteiger partial charge in [-0.15, -0.1) is 16.0 Å². The number of nitrogens with zero attached hydrogens (tertiary/aromatic N) is 5. The predicted molar refractivity (Wildman–Crippen MR) is 175 cm³/mol. The van der Waals surface area contributed by atoms with Crippen molar-refractivity contribution in [2.45, 2.75) is 71.2 Å². The lowest BCUT2D eigenvalue weighted by atomic mass is 9.99. The predicted octanol–water partition coefficient (Wildman–Crippen LogP) is 6.33. The maximum atomic E-state index is 14.0. The third kappa shape index (κ3) is 10.1. The number of carbonyl (C=O) groups excluding carboxylic acids is 2. The van der Waals surface area contributed by atoms with Crippen molar-refractivity contribution in [3.8, 4) is 6.07 Å². The van der Waals surface area contributed by atoms with E-state index in [4.69, 9.17) is 11.6 Å². The molecular weight excluding hydrogens is 610 g/mol. The largest absolute Gasteiger partial charge is 0.339 e. The van der Waals surface area contributed by atoms with E-state index in [2.05, 4.69) is 37.1 Å². The zero-order valence-electron chi connectivity index (χ0n) is 26.6. The molecule has 0 saturated carbocycles. The Hall–Kier alpha value is -3.81. The van der Waals surface area contributed by atoms with E-state index < -0.39 is 16.1 Å². The van der Waals surface area contributed by atoms with Crippen molar-refractivity contribution in [2.24, 2.45) is 16.2 Å². The van der Waals surface area contributed by atoms with Crippen LogP contribution in [0.2, 0.25) is 0 Å². The molecule has 0 bridgehead atoms. The van der Waals surface area contributed by atoms with Crippen molar-refractivity contribution in [1.29, 1.82) is 5.26 Å². The Morgan fingerprint density at radius 2 is 1.56 bits per heavy atom. The summed E-state index contributed by atoms with van der Waals surface area (Å²) in [5, 5.41) is 9.22. The van der Waals surface area contributed by atoms with Gasteiger partial charge in [0.15, 0.2) is 5.78 Å². The monoisotopic (exact) mass is 651 g/mol. The van der Waals surface area contributed by atoms with E-state index in [0.717, 1.165) is 18.4 Å². The second-order valence-electron chi connectivity index (χ2n) is 12.0. The van der Waals surface area contributed by atoms with Gasteiger partial charge in [0.2, 0.25) is 5.62 Å². The average molecular weight is 652 g/mol. The van der Waals surface area contributed by atoms with Gasteiger partial charge in [0.1, 0.15) is 0 Å². The Morgan fingerprint density at radius 3 is 2.09 bits per heavy atom. The molecular formula is C34H42ClN5O4S. The third-order valence-electron chi connectivity index (χ3n) is 7.38. The molecule has 0 aliphatic rings. The summed E-state index contributed by atoms with van der Waals surface area (Å²) < 4.78 is 32.3. The molecule has 1 unspecified atom stereocenters. The number of sulfonamides is 1. The van der Waals surface area contributed by atoms with Crippen LogP contribution in [0.25, 0.3) is 0 Å². The van der Waals surface area contributed by atoms with Gasteiger partial charge in [-0.2, -0.15) is 13.7 Å². The summed E-state index contributed by atoms with van der Waals surface area (Å²) in [4.78, 5) is 34.0. The SMILES string of the molecule is Cc1ccc(S(=O)(=O)/N=c2\ncc(C(=O)N(CCC(C)C)CCC(C)C)cn2C(CCCCl)C(=O)c2ccc(C#N)cc2)cc1. The van der Waals surface area contributed by atoms with E-state index in [0.29, 0.717) is 42.5 Å². The maximum absolute atomic E-state index is 14.0. The van der Waals surface area contributed by atoms with Crippen molar-refractivity contribution < 1.29 is 18.0 Å². The van der Waals surface area contributed by atoms with E-state index in [-0.39, 0.29) is 40.1 Å². The van der Waals surface area contributed by atoms with E-state index in [1.54, 1.807) is 41.3 Å². The van der Waals surface area contributed by atoms with Crippen LogP contribution in [-0.4, -0.2) is 53.5 Å². The fourth-order valence-electron chi connectivity index (χ4n) is 4.61. The number of Topliss-reactive ketones (excluding diaryl/α,β-unsaturated/α-hetero) is 1. The normalized spacial score (nSPS) is 12.7. The lowest BCUT2D eigenvalue weighted by molar-refractivity contribution is 0.0737. The molecule has 1 heterocycles. The van der Waals surface area contributed by atoms with Crippen LogP contribution in [0.15, 0.2) is 70.2 Å². The highest BCUT2D eigenvalue weighted by atomic mass is 35.5. The van der Waals surface area contributed by atoms with Gasteiger partial charge in [-0.1, -0.05) is 57.5 Å². The molecule has 0 saturated heterocycles. The Labute approximate surface area is 271 Å². The molecule has 45 heavy (non-hydrogen) atoms. The number of hydrogen-bond donors (Lipinski definition) is 0. The second-order valence-corrected chi connectivity index (χ2v) is 14.0. The quantitative estimate of drug-likeness (QED) is 0.140. The van der Waals surface area contributed by atoms with Crippen LogP contribution in [0, 0.1) is 30.1 Å². The topological polar surface area (TPSA) is 125 Å². The minimum Gasteiger partial charge on any atom is -0.339 e. The third-order valence-corrected chi connectivity index (χ3v) is 8.92. The maximum Gasteiger partial charge on any atom is 0.285 e. The molecule has 1 aromatic heterocycles. The highest BCUT2D eigenvalue weighted by Crippen LogP contribution is 2.22. The van der Waals surface area contributed by atoms with Gasteiger partial charge in [-0.3, -0.25) is 9.59 Å². The van der Waals surface area contributed by atoms with Crippen LogP contribution in [0.4, 0.5) is 0 Å². The summed E-state index contributed by atoms with van der Waals surface area (Å²) in [6.07, 6.45) is 5.11. The number of nitriles is 1. The van der Waals surface area contributed by atoms with Crippen molar-refractivity contribution in [1.82, 2.24) is 14.5 Å². The van der Waals surface area contributed by atoms with Gasteiger partial charge in [-0.25, -0.2) is 4.98 Å². The Bertz CT molecular complexity index is 1660. The number of ketones is 1. The van der Waals surface area contributed by atoms with Crippen molar-refractivity contribution >= 4 is 33.3 Å². The van der Waals surface area contributed by atoms with Gasteiger partial charge >= 0.3 is 0 Å². The zero-order chi connectivity index (χ0) is 33.1. The van der Waals surface area contributed by atoms with Crippen molar-refractivity contribution in [2.75, 3.05) is 19.0 Å². The van der Waals surface area contributed by atoms with Crippen LogP contribution in [-0.2, 0) is 10.0 Å². The van der Waals surface area contributed by atoms with Crippen molar-refractivity contribution in [3.63, 3.8) is 0 Å². The summed E-state index contributed by atoms with van der Waals surface area (Å²) >= 11 is 6.05. The number of benzene rings is 2. The lowest BCUT2D eigenvalue weighted by Gasteiger charge is -2.25. The van der Waals surface area contributed by atoms with E-state index in [1.165, 1.54) is 29.1 Å². The minimum atomic E-state index is -4.22.